The molecular formula is C31H33F3N2O4S. The third-order valence-corrected chi connectivity index (χ3v) is 8.72. The number of anilines is 1. The molecule has 1 heterocycles. The smallest absolute Gasteiger partial charge is 0.417 e. The van der Waals surface area contributed by atoms with Crippen LogP contribution in [0, 0.1) is 0 Å². The number of carbonyl (C=O) groups is 1. The molecule has 1 fully saturated rings. The standard InChI is InChI=1S/C31H33F3N2O4S/c1-39-13-14-40-28-17-23(41-2)8-5-21(28)18-35-29(38)36-19-30(11-3-4-12-30)26-15-20(6-10-27(26)36)24-9-7-22(37)16-25(24)31(32,33)34/h5-10,15-17,37H,3-4,11-14,18-19H2,1-2H3,(H,35,38). The Morgan fingerprint density at radius 1 is 1.07 bits per heavy atom. The number of benzene rings is 3. The molecule has 10 heteroatoms. The van der Waals surface area contributed by atoms with E-state index < -0.39 is 17.5 Å². The van der Waals surface area contributed by atoms with Gasteiger partial charge in [-0.2, -0.15) is 13.2 Å². The van der Waals surface area contributed by atoms with E-state index in [1.54, 1.807) is 42.0 Å². The molecule has 2 N–H and O–H groups in total. The highest BCUT2D eigenvalue weighted by Gasteiger charge is 2.46. The highest BCUT2D eigenvalue weighted by molar-refractivity contribution is 7.98. The fraction of sp³-hybridized carbons (Fsp3) is 0.387. The molecule has 5 rings (SSSR count). The maximum Gasteiger partial charge on any atom is 0.417 e. The number of rotatable bonds is 8. The van der Waals surface area contributed by atoms with Crippen LogP contribution in [0.4, 0.5) is 23.7 Å². The van der Waals surface area contributed by atoms with Gasteiger partial charge in [-0.1, -0.05) is 31.0 Å². The van der Waals surface area contributed by atoms with E-state index in [1.165, 1.54) is 12.1 Å². The van der Waals surface area contributed by atoms with Crippen molar-refractivity contribution < 1.29 is 32.5 Å². The summed E-state index contributed by atoms with van der Waals surface area (Å²) in [6, 6.07) is 14.1. The van der Waals surface area contributed by atoms with Gasteiger partial charge in [-0.15, -0.1) is 11.8 Å². The summed E-state index contributed by atoms with van der Waals surface area (Å²) in [5.41, 5.74) is 1.68. The van der Waals surface area contributed by atoms with Crippen molar-refractivity contribution in [3.8, 4) is 22.6 Å². The van der Waals surface area contributed by atoms with Crippen LogP contribution < -0.4 is 15.0 Å². The van der Waals surface area contributed by atoms with Crippen molar-refractivity contribution in [3.05, 3.63) is 71.3 Å². The van der Waals surface area contributed by atoms with Crippen LogP contribution >= 0.6 is 11.8 Å². The molecule has 218 valence electrons. The Hall–Kier alpha value is -3.37. The van der Waals surface area contributed by atoms with E-state index >= 15 is 0 Å². The van der Waals surface area contributed by atoms with Gasteiger partial charge < -0.3 is 19.9 Å². The van der Waals surface area contributed by atoms with Gasteiger partial charge in [-0.3, -0.25) is 4.90 Å². The number of hydrogen-bond acceptors (Lipinski definition) is 5. The first-order valence-electron chi connectivity index (χ1n) is 13.5. The third-order valence-electron chi connectivity index (χ3n) is 7.99. The van der Waals surface area contributed by atoms with Gasteiger partial charge in [0.1, 0.15) is 18.1 Å². The van der Waals surface area contributed by atoms with Crippen molar-refractivity contribution in [1.82, 2.24) is 5.32 Å². The second kappa shape index (κ2) is 11.9. The highest BCUT2D eigenvalue weighted by Crippen LogP contribution is 2.52. The highest BCUT2D eigenvalue weighted by atomic mass is 32.2. The lowest BCUT2D eigenvalue weighted by Gasteiger charge is -2.25. The van der Waals surface area contributed by atoms with Gasteiger partial charge in [0.15, 0.2) is 0 Å². The van der Waals surface area contributed by atoms with Crippen LogP contribution in [0.5, 0.6) is 11.5 Å². The van der Waals surface area contributed by atoms with Crippen molar-refractivity contribution in [2.24, 2.45) is 0 Å². The number of aromatic hydroxyl groups is 1. The summed E-state index contributed by atoms with van der Waals surface area (Å²) < 4.78 is 52.5. The van der Waals surface area contributed by atoms with Gasteiger partial charge in [0, 0.05) is 41.8 Å². The Labute approximate surface area is 241 Å². The minimum atomic E-state index is -4.62. The summed E-state index contributed by atoms with van der Waals surface area (Å²) in [6.07, 6.45) is 1.08. The van der Waals surface area contributed by atoms with Crippen molar-refractivity contribution in [2.75, 3.05) is 38.0 Å². The van der Waals surface area contributed by atoms with E-state index in [-0.39, 0.29) is 23.6 Å². The number of urea groups is 1. The Bertz CT molecular complexity index is 1420. The molecule has 6 nitrogen and oxygen atoms in total. The fourth-order valence-corrected chi connectivity index (χ4v) is 6.39. The molecule has 2 amide bonds. The van der Waals surface area contributed by atoms with Gasteiger partial charge in [0.25, 0.3) is 0 Å². The summed E-state index contributed by atoms with van der Waals surface area (Å²) in [5, 5.41) is 12.8. The van der Waals surface area contributed by atoms with E-state index in [2.05, 4.69) is 5.32 Å². The topological polar surface area (TPSA) is 71.0 Å². The average molecular weight is 587 g/mol. The van der Waals surface area contributed by atoms with Gasteiger partial charge in [-0.25, -0.2) is 4.79 Å². The molecule has 0 saturated heterocycles. The number of methoxy groups -OCH3 is 1. The maximum atomic E-state index is 13.8. The second-order valence-corrected chi connectivity index (χ2v) is 11.4. The molecule has 3 aromatic carbocycles. The number of thioether (sulfide) groups is 1. The zero-order chi connectivity index (χ0) is 29.2. The lowest BCUT2D eigenvalue weighted by molar-refractivity contribution is -0.137. The van der Waals surface area contributed by atoms with Crippen LogP contribution in [0.1, 0.15) is 42.4 Å². The van der Waals surface area contributed by atoms with Crippen LogP contribution in [0.15, 0.2) is 59.5 Å². The molecule has 41 heavy (non-hydrogen) atoms. The summed E-state index contributed by atoms with van der Waals surface area (Å²) in [7, 11) is 1.61. The first-order valence-corrected chi connectivity index (χ1v) is 14.8. The van der Waals surface area contributed by atoms with E-state index in [4.69, 9.17) is 9.47 Å². The number of nitrogens with one attached hydrogen (secondary N) is 1. The summed E-state index contributed by atoms with van der Waals surface area (Å²) >= 11 is 1.60. The molecule has 1 saturated carbocycles. The second-order valence-electron chi connectivity index (χ2n) is 10.5. The molecule has 2 aliphatic rings. The number of halogens is 3. The van der Waals surface area contributed by atoms with E-state index in [0.717, 1.165) is 53.5 Å². The monoisotopic (exact) mass is 586 g/mol. The molecule has 0 unspecified atom stereocenters. The molecule has 1 aliphatic heterocycles. The molecule has 0 atom stereocenters. The molecule has 1 aliphatic carbocycles. The molecule has 0 radical (unpaired) electrons. The molecule has 0 aromatic heterocycles. The van der Waals surface area contributed by atoms with Gasteiger partial charge in [0.05, 0.1) is 12.2 Å². The van der Waals surface area contributed by atoms with E-state index in [9.17, 15) is 23.1 Å². The van der Waals surface area contributed by atoms with E-state index in [1.807, 2.05) is 24.5 Å². The zero-order valence-electron chi connectivity index (χ0n) is 23.0. The SMILES string of the molecule is COCCOc1cc(SC)ccc1CNC(=O)N1CC2(CCCC2)c2cc(-c3ccc(O)cc3C(F)(F)F)ccc21. The van der Waals surface area contributed by atoms with Gasteiger partial charge in [-0.05, 0) is 72.2 Å². The normalized spacial score (nSPS) is 15.8. The minimum Gasteiger partial charge on any atom is -0.508 e. The number of carbonyl (C=O) groups excluding carboxylic acids is 1. The number of ether oxygens (including phenoxy) is 2. The summed E-state index contributed by atoms with van der Waals surface area (Å²) in [5.74, 6) is 0.245. The van der Waals surface area contributed by atoms with Crippen LogP contribution in [0.2, 0.25) is 0 Å². The first-order chi connectivity index (χ1) is 19.6. The van der Waals surface area contributed by atoms with Crippen LogP contribution in [-0.4, -0.2) is 44.3 Å². The molecule has 1 spiro atoms. The van der Waals surface area contributed by atoms with Gasteiger partial charge >= 0.3 is 12.2 Å². The molecular weight excluding hydrogens is 553 g/mol. The van der Waals surface area contributed by atoms with E-state index in [0.29, 0.717) is 31.1 Å². The predicted octanol–water partition coefficient (Wildman–Crippen LogP) is 7.37. The lowest BCUT2D eigenvalue weighted by atomic mass is 9.79. The van der Waals surface area contributed by atoms with Crippen molar-refractivity contribution in [3.63, 3.8) is 0 Å². The molecule has 0 bridgehead atoms. The number of fused-ring (bicyclic) bond motifs is 2. The Balaban J connectivity index is 1.42. The fourth-order valence-electron chi connectivity index (χ4n) is 5.96. The van der Waals surface area contributed by atoms with Crippen molar-refractivity contribution in [2.45, 2.75) is 48.7 Å². The lowest BCUT2D eigenvalue weighted by Crippen LogP contribution is -2.41. The first kappa shape index (κ1) is 29.1. The quantitative estimate of drug-likeness (QED) is 0.213. The number of phenols is 1. The number of alkyl halides is 3. The maximum absolute atomic E-state index is 13.8. The Kier molecular flexibility index (Phi) is 8.42. The van der Waals surface area contributed by atoms with Gasteiger partial charge in [0.2, 0.25) is 0 Å². The summed E-state index contributed by atoms with van der Waals surface area (Å²) in [6.45, 7) is 1.56. The summed E-state index contributed by atoms with van der Waals surface area (Å²) in [4.78, 5) is 16.3. The number of amides is 2. The Morgan fingerprint density at radius 3 is 2.56 bits per heavy atom. The number of phenolic OH excluding ortho intramolecular Hbond substituents is 1. The number of nitrogens with zero attached hydrogens (tertiary/aromatic N) is 1. The largest absolute Gasteiger partial charge is 0.508 e. The van der Waals surface area contributed by atoms with Crippen LogP contribution in [0.25, 0.3) is 11.1 Å². The predicted molar refractivity (Wildman–Crippen MR) is 154 cm³/mol. The van der Waals surface area contributed by atoms with Crippen LogP contribution in [-0.2, 0) is 22.9 Å². The molecule has 3 aromatic rings. The van der Waals surface area contributed by atoms with Crippen molar-refractivity contribution >= 4 is 23.5 Å². The minimum absolute atomic E-state index is 0.00356. The number of hydrogen-bond donors (Lipinski definition) is 2. The zero-order valence-corrected chi connectivity index (χ0v) is 23.8. The van der Waals surface area contributed by atoms with Crippen molar-refractivity contribution in [1.29, 1.82) is 0 Å². The average Bonchev–Trinajstić information content (AvgIpc) is 3.56. The Morgan fingerprint density at radius 2 is 1.85 bits per heavy atom. The van der Waals surface area contributed by atoms with Crippen LogP contribution in [0.3, 0.4) is 0 Å². The third kappa shape index (κ3) is 5.99.